The van der Waals surface area contributed by atoms with Gasteiger partial charge in [0.2, 0.25) is 5.88 Å². The topological polar surface area (TPSA) is 68.4 Å². The molecule has 0 aliphatic carbocycles. The normalized spacial score (nSPS) is 12.9. The average molecular weight is 204 g/mol. The Morgan fingerprint density at radius 2 is 2.29 bits per heavy atom. The summed E-state index contributed by atoms with van der Waals surface area (Å²) in [5.74, 6) is -0.207. The standard InChI is InChI=1S/C8H10F2N2O2/c9-8(10)14-7-3-5(1-2-12-7)6(11)4-13/h1-3,6,8,13H,4,11H2. The Morgan fingerprint density at radius 1 is 1.57 bits per heavy atom. The van der Waals surface area contributed by atoms with E-state index in [0.29, 0.717) is 5.56 Å². The highest BCUT2D eigenvalue weighted by Crippen LogP contribution is 2.16. The molecule has 1 unspecified atom stereocenters. The third-order valence-corrected chi connectivity index (χ3v) is 1.59. The molecule has 0 saturated carbocycles. The molecule has 0 aliphatic rings. The minimum Gasteiger partial charge on any atom is -0.417 e. The van der Waals surface area contributed by atoms with E-state index in [-0.39, 0.29) is 12.5 Å². The van der Waals surface area contributed by atoms with Crippen molar-refractivity contribution in [2.24, 2.45) is 5.73 Å². The van der Waals surface area contributed by atoms with Crippen LogP contribution in [-0.4, -0.2) is 23.3 Å². The van der Waals surface area contributed by atoms with E-state index < -0.39 is 12.7 Å². The van der Waals surface area contributed by atoms with Gasteiger partial charge >= 0.3 is 6.61 Å². The molecule has 3 N–H and O–H groups in total. The zero-order valence-electron chi connectivity index (χ0n) is 7.23. The summed E-state index contributed by atoms with van der Waals surface area (Å²) in [6, 6.07) is 2.18. The highest BCUT2D eigenvalue weighted by molar-refractivity contribution is 5.23. The molecule has 0 fully saturated rings. The van der Waals surface area contributed by atoms with Crippen LogP contribution < -0.4 is 10.5 Å². The number of pyridine rings is 1. The second-order valence-electron chi connectivity index (χ2n) is 2.59. The van der Waals surface area contributed by atoms with Crippen LogP contribution in [0.15, 0.2) is 18.3 Å². The van der Waals surface area contributed by atoms with Crippen LogP contribution in [0.2, 0.25) is 0 Å². The molecule has 0 bridgehead atoms. The lowest BCUT2D eigenvalue weighted by Crippen LogP contribution is -2.15. The number of hydrogen-bond donors (Lipinski definition) is 2. The van der Waals surface area contributed by atoms with Gasteiger partial charge in [-0.25, -0.2) is 4.98 Å². The monoisotopic (exact) mass is 204 g/mol. The van der Waals surface area contributed by atoms with Crippen LogP contribution in [0.4, 0.5) is 8.78 Å². The molecule has 0 spiro atoms. The van der Waals surface area contributed by atoms with Gasteiger partial charge in [-0.2, -0.15) is 8.78 Å². The molecule has 1 heterocycles. The van der Waals surface area contributed by atoms with Crippen LogP contribution in [0, 0.1) is 0 Å². The fourth-order valence-corrected chi connectivity index (χ4v) is 0.917. The maximum absolute atomic E-state index is 11.8. The van der Waals surface area contributed by atoms with Crippen LogP contribution in [0.5, 0.6) is 5.88 Å². The highest BCUT2D eigenvalue weighted by atomic mass is 19.3. The Balaban J connectivity index is 2.78. The third-order valence-electron chi connectivity index (χ3n) is 1.59. The fourth-order valence-electron chi connectivity index (χ4n) is 0.917. The van der Waals surface area contributed by atoms with E-state index in [1.54, 1.807) is 0 Å². The maximum Gasteiger partial charge on any atom is 0.388 e. The van der Waals surface area contributed by atoms with Gasteiger partial charge in [0.1, 0.15) is 0 Å². The largest absolute Gasteiger partial charge is 0.417 e. The smallest absolute Gasteiger partial charge is 0.388 e. The van der Waals surface area contributed by atoms with E-state index in [4.69, 9.17) is 10.8 Å². The summed E-state index contributed by atoms with van der Waals surface area (Å²) in [4.78, 5) is 3.56. The van der Waals surface area contributed by atoms with Gasteiger partial charge < -0.3 is 15.6 Å². The predicted molar refractivity (Wildman–Crippen MR) is 44.9 cm³/mol. The number of aromatic nitrogens is 1. The Bertz CT molecular complexity index is 296. The van der Waals surface area contributed by atoms with Crippen molar-refractivity contribution in [1.29, 1.82) is 0 Å². The first kappa shape index (κ1) is 10.8. The van der Waals surface area contributed by atoms with Crippen molar-refractivity contribution < 1.29 is 18.6 Å². The average Bonchev–Trinajstić information content (AvgIpc) is 2.16. The molecule has 14 heavy (non-hydrogen) atoms. The Hall–Kier alpha value is -1.27. The molecule has 4 nitrogen and oxygen atoms in total. The van der Waals surface area contributed by atoms with E-state index in [1.165, 1.54) is 18.3 Å². The van der Waals surface area contributed by atoms with Crippen molar-refractivity contribution in [3.8, 4) is 5.88 Å². The molecule has 78 valence electrons. The lowest BCUT2D eigenvalue weighted by atomic mass is 10.1. The number of alkyl halides is 2. The van der Waals surface area contributed by atoms with Gasteiger partial charge in [-0.15, -0.1) is 0 Å². The number of halogens is 2. The van der Waals surface area contributed by atoms with Gasteiger partial charge in [-0.3, -0.25) is 0 Å². The molecule has 1 atom stereocenters. The van der Waals surface area contributed by atoms with Crippen molar-refractivity contribution in [1.82, 2.24) is 4.98 Å². The third kappa shape index (κ3) is 2.90. The maximum atomic E-state index is 11.8. The first-order chi connectivity index (χ1) is 6.63. The molecular weight excluding hydrogens is 194 g/mol. The molecule has 0 amide bonds. The molecule has 1 aromatic heterocycles. The number of hydrogen-bond acceptors (Lipinski definition) is 4. The summed E-state index contributed by atoms with van der Waals surface area (Å²) in [6.45, 7) is -3.18. The number of aliphatic hydroxyl groups excluding tert-OH is 1. The van der Waals surface area contributed by atoms with Crippen molar-refractivity contribution in [2.45, 2.75) is 12.7 Å². The number of ether oxygens (including phenoxy) is 1. The van der Waals surface area contributed by atoms with Crippen molar-refractivity contribution >= 4 is 0 Å². The van der Waals surface area contributed by atoms with Gasteiger partial charge in [-0.05, 0) is 11.6 Å². The lowest BCUT2D eigenvalue weighted by Gasteiger charge is -2.09. The van der Waals surface area contributed by atoms with E-state index in [2.05, 4.69) is 9.72 Å². The second-order valence-corrected chi connectivity index (χ2v) is 2.59. The zero-order chi connectivity index (χ0) is 10.6. The SMILES string of the molecule is NC(CO)c1ccnc(OC(F)F)c1. The van der Waals surface area contributed by atoms with E-state index in [1.807, 2.05) is 0 Å². The summed E-state index contributed by atoms with van der Waals surface area (Å²) in [5, 5.41) is 8.73. The summed E-state index contributed by atoms with van der Waals surface area (Å²) in [5.41, 5.74) is 5.97. The fraction of sp³-hybridized carbons (Fsp3) is 0.375. The van der Waals surface area contributed by atoms with Gasteiger partial charge in [0, 0.05) is 12.3 Å². The van der Waals surface area contributed by atoms with Crippen LogP contribution >= 0.6 is 0 Å². The van der Waals surface area contributed by atoms with Crippen molar-refractivity contribution in [2.75, 3.05) is 6.61 Å². The van der Waals surface area contributed by atoms with Crippen LogP contribution in [-0.2, 0) is 0 Å². The molecule has 0 radical (unpaired) electrons. The molecule has 6 heteroatoms. The molecule has 0 aromatic carbocycles. The number of rotatable bonds is 4. The molecule has 0 saturated heterocycles. The summed E-state index contributed by atoms with van der Waals surface area (Å²) in [6.07, 6.45) is 1.29. The quantitative estimate of drug-likeness (QED) is 0.756. The molecule has 1 rings (SSSR count). The Kier molecular flexibility index (Phi) is 3.73. The number of nitrogens with two attached hydrogens (primary N) is 1. The van der Waals surface area contributed by atoms with Crippen LogP contribution in [0.3, 0.4) is 0 Å². The summed E-state index contributed by atoms with van der Waals surface area (Å²) < 4.78 is 27.7. The summed E-state index contributed by atoms with van der Waals surface area (Å²) >= 11 is 0. The molecular formula is C8H10F2N2O2. The first-order valence-electron chi connectivity index (χ1n) is 3.90. The molecule has 1 aromatic rings. The van der Waals surface area contributed by atoms with E-state index >= 15 is 0 Å². The van der Waals surface area contributed by atoms with Crippen LogP contribution in [0.25, 0.3) is 0 Å². The Morgan fingerprint density at radius 3 is 2.86 bits per heavy atom. The van der Waals surface area contributed by atoms with Gasteiger partial charge in [-0.1, -0.05) is 0 Å². The minimum atomic E-state index is -2.91. The van der Waals surface area contributed by atoms with Crippen molar-refractivity contribution in [3.63, 3.8) is 0 Å². The van der Waals surface area contributed by atoms with E-state index in [9.17, 15) is 8.78 Å². The zero-order valence-corrected chi connectivity index (χ0v) is 7.23. The second kappa shape index (κ2) is 4.83. The number of aliphatic hydroxyl groups is 1. The number of nitrogens with zero attached hydrogens (tertiary/aromatic N) is 1. The van der Waals surface area contributed by atoms with Gasteiger partial charge in [0.25, 0.3) is 0 Å². The molecule has 0 aliphatic heterocycles. The summed E-state index contributed by atoms with van der Waals surface area (Å²) in [7, 11) is 0. The van der Waals surface area contributed by atoms with Gasteiger partial charge in [0.15, 0.2) is 0 Å². The first-order valence-corrected chi connectivity index (χ1v) is 3.90. The Labute approximate surface area is 79.3 Å². The van der Waals surface area contributed by atoms with Crippen LogP contribution in [0.1, 0.15) is 11.6 Å². The minimum absolute atomic E-state index is 0.207. The predicted octanol–water partition coefficient (Wildman–Crippen LogP) is 0.675. The highest BCUT2D eigenvalue weighted by Gasteiger charge is 2.09. The lowest BCUT2D eigenvalue weighted by molar-refractivity contribution is -0.0529. The van der Waals surface area contributed by atoms with Crippen molar-refractivity contribution in [3.05, 3.63) is 23.9 Å². The van der Waals surface area contributed by atoms with E-state index in [0.717, 1.165) is 0 Å². The van der Waals surface area contributed by atoms with Gasteiger partial charge in [0.05, 0.1) is 12.6 Å².